The summed E-state index contributed by atoms with van der Waals surface area (Å²) >= 11 is 0. The molecule has 7 heteroatoms. The highest BCUT2D eigenvalue weighted by Gasteiger charge is 2.21. The van der Waals surface area contributed by atoms with Crippen LogP contribution < -0.4 is 5.32 Å². The van der Waals surface area contributed by atoms with Gasteiger partial charge in [-0.15, -0.1) is 0 Å². The summed E-state index contributed by atoms with van der Waals surface area (Å²) in [6.07, 6.45) is 3.30. The van der Waals surface area contributed by atoms with E-state index in [1.807, 2.05) is 6.92 Å². The van der Waals surface area contributed by atoms with E-state index < -0.39 is 9.84 Å². The number of nitrogens with one attached hydrogen (secondary N) is 1. The van der Waals surface area contributed by atoms with Crippen LogP contribution in [0.3, 0.4) is 0 Å². The Balaban J connectivity index is 1.95. The molecule has 2 amide bonds. The van der Waals surface area contributed by atoms with E-state index in [1.165, 1.54) is 6.26 Å². The van der Waals surface area contributed by atoms with Crippen LogP contribution in [-0.2, 0) is 14.6 Å². The van der Waals surface area contributed by atoms with E-state index in [2.05, 4.69) is 5.32 Å². The molecule has 1 aliphatic heterocycles. The summed E-state index contributed by atoms with van der Waals surface area (Å²) in [5.74, 6) is 0. The smallest absolute Gasteiger partial charge is 0.317 e. The number of urea groups is 1. The van der Waals surface area contributed by atoms with Crippen LogP contribution in [0.15, 0.2) is 29.2 Å². The quantitative estimate of drug-likeness (QED) is 0.889. The number of hydrogen-bond donors (Lipinski definition) is 1. The molecule has 0 saturated carbocycles. The number of nitrogens with zero attached hydrogens (tertiary/aromatic N) is 1. The van der Waals surface area contributed by atoms with Crippen LogP contribution in [0.2, 0.25) is 0 Å². The summed E-state index contributed by atoms with van der Waals surface area (Å²) in [6.45, 7) is 3.18. The van der Waals surface area contributed by atoms with E-state index in [0.717, 1.165) is 25.0 Å². The lowest BCUT2D eigenvalue weighted by Crippen LogP contribution is -2.41. The first-order chi connectivity index (χ1) is 10.8. The summed E-state index contributed by atoms with van der Waals surface area (Å²) < 4.78 is 28.4. The highest BCUT2D eigenvalue weighted by atomic mass is 32.2. The highest BCUT2D eigenvalue weighted by Crippen LogP contribution is 2.21. The second-order valence-corrected chi connectivity index (χ2v) is 7.96. The fourth-order valence-corrected chi connectivity index (χ4v) is 3.15. The lowest BCUT2D eigenvalue weighted by molar-refractivity contribution is 0.108. The predicted molar refractivity (Wildman–Crippen MR) is 88.1 cm³/mol. The Morgan fingerprint density at radius 2 is 2.04 bits per heavy atom. The molecule has 2 atom stereocenters. The van der Waals surface area contributed by atoms with Gasteiger partial charge in [0.25, 0.3) is 0 Å². The number of hydrogen-bond acceptors (Lipinski definition) is 4. The van der Waals surface area contributed by atoms with Gasteiger partial charge in [0.1, 0.15) is 0 Å². The molecule has 0 aromatic heterocycles. The molecule has 128 valence electrons. The van der Waals surface area contributed by atoms with Crippen molar-refractivity contribution in [3.8, 4) is 0 Å². The molecule has 6 nitrogen and oxygen atoms in total. The number of benzene rings is 1. The first kappa shape index (κ1) is 17.7. The first-order valence-corrected chi connectivity index (χ1v) is 9.60. The van der Waals surface area contributed by atoms with Crippen LogP contribution in [0.5, 0.6) is 0 Å². The zero-order valence-electron chi connectivity index (χ0n) is 13.8. The molecular weight excluding hydrogens is 316 g/mol. The maximum Gasteiger partial charge on any atom is 0.317 e. The minimum Gasteiger partial charge on any atom is -0.376 e. The van der Waals surface area contributed by atoms with Gasteiger partial charge in [0.2, 0.25) is 0 Å². The number of amides is 2. The second-order valence-electron chi connectivity index (χ2n) is 5.95. The van der Waals surface area contributed by atoms with E-state index in [-0.39, 0.29) is 23.1 Å². The van der Waals surface area contributed by atoms with Crippen molar-refractivity contribution in [2.24, 2.45) is 0 Å². The average Bonchev–Trinajstić information content (AvgIpc) is 3.04. The molecule has 1 N–H and O–H groups in total. The fourth-order valence-electron chi connectivity index (χ4n) is 2.52. The fraction of sp³-hybridized carbons (Fsp3) is 0.562. The van der Waals surface area contributed by atoms with Crippen LogP contribution in [0.25, 0.3) is 0 Å². The zero-order valence-corrected chi connectivity index (χ0v) is 14.6. The van der Waals surface area contributed by atoms with Crippen molar-refractivity contribution in [2.45, 2.75) is 36.8 Å². The first-order valence-electron chi connectivity index (χ1n) is 7.71. The monoisotopic (exact) mass is 340 g/mol. The lowest BCUT2D eigenvalue weighted by atomic mass is 10.1. The molecule has 1 aliphatic rings. The average molecular weight is 340 g/mol. The van der Waals surface area contributed by atoms with E-state index in [1.54, 1.807) is 36.2 Å². The standard InChI is InChI=1S/C16H24N2O4S/c1-12(13-6-8-15(9-7-13)23(3,20)21)18(2)16(19)17-11-14-5-4-10-22-14/h6-9,12,14H,4-5,10-11H2,1-3H3,(H,17,19)/t12-,14-/m0/s1. The Labute approximate surface area is 137 Å². The van der Waals surface area contributed by atoms with Crippen molar-refractivity contribution in [2.75, 3.05) is 26.5 Å². The van der Waals surface area contributed by atoms with Gasteiger partial charge in [0, 0.05) is 26.5 Å². The third-order valence-electron chi connectivity index (χ3n) is 4.20. The number of rotatable bonds is 5. The Morgan fingerprint density at radius 3 is 2.57 bits per heavy atom. The van der Waals surface area contributed by atoms with Gasteiger partial charge in [0.05, 0.1) is 17.0 Å². The van der Waals surface area contributed by atoms with Crippen molar-refractivity contribution >= 4 is 15.9 Å². The zero-order chi connectivity index (χ0) is 17.0. The molecule has 1 aromatic rings. The van der Waals surface area contributed by atoms with Gasteiger partial charge in [-0.2, -0.15) is 0 Å². The van der Waals surface area contributed by atoms with Gasteiger partial charge in [-0.3, -0.25) is 0 Å². The second kappa shape index (κ2) is 7.31. The molecule has 1 saturated heterocycles. The highest BCUT2D eigenvalue weighted by molar-refractivity contribution is 7.90. The molecule has 1 heterocycles. The largest absolute Gasteiger partial charge is 0.376 e. The summed E-state index contributed by atoms with van der Waals surface area (Å²) in [6, 6.07) is 6.29. The molecule has 1 fully saturated rings. The normalized spacial score (nSPS) is 19.3. The van der Waals surface area contributed by atoms with Crippen LogP contribution in [-0.4, -0.2) is 51.9 Å². The molecule has 0 unspecified atom stereocenters. The minimum atomic E-state index is -3.21. The lowest BCUT2D eigenvalue weighted by Gasteiger charge is -2.26. The van der Waals surface area contributed by atoms with Gasteiger partial charge < -0.3 is 15.0 Å². The van der Waals surface area contributed by atoms with Gasteiger partial charge in [0.15, 0.2) is 9.84 Å². The topological polar surface area (TPSA) is 75.7 Å². The summed E-state index contributed by atoms with van der Waals surface area (Å²) in [5, 5.41) is 2.88. The number of carbonyl (C=O) groups is 1. The van der Waals surface area contributed by atoms with Crippen molar-refractivity contribution < 1.29 is 17.9 Å². The van der Waals surface area contributed by atoms with Gasteiger partial charge >= 0.3 is 6.03 Å². The van der Waals surface area contributed by atoms with Crippen LogP contribution in [0.4, 0.5) is 4.79 Å². The van der Waals surface area contributed by atoms with Gasteiger partial charge in [-0.1, -0.05) is 12.1 Å². The van der Waals surface area contributed by atoms with Gasteiger partial charge in [-0.25, -0.2) is 13.2 Å². The predicted octanol–water partition coefficient (Wildman–Crippen LogP) is 1.97. The molecule has 0 aliphatic carbocycles. The summed E-state index contributed by atoms with van der Waals surface area (Å²) in [4.78, 5) is 14.1. The van der Waals surface area contributed by atoms with E-state index in [0.29, 0.717) is 6.54 Å². The van der Waals surface area contributed by atoms with E-state index in [4.69, 9.17) is 4.74 Å². The van der Waals surface area contributed by atoms with Crippen LogP contribution in [0.1, 0.15) is 31.4 Å². The Kier molecular flexibility index (Phi) is 5.64. The van der Waals surface area contributed by atoms with Crippen molar-refractivity contribution in [1.82, 2.24) is 10.2 Å². The Hall–Kier alpha value is -1.60. The maximum atomic E-state index is 12.2. The number of ether oxygens (including phenoxy) is 1. The van der Waals surface area contributed by atoms with Crippen molar-refractivity contribution in [3.63, 3.8) is 0 Å². The van der Waals surface area contributed by atoms with E-state index in [9.17, 15) is 13.2 Å². The SMILES string of the molecule is C[C@@H](c1ccc(S(C)(=O)=O)cc1)N(C)C(=O)NC[C@@H]1CCCO1. The molecule has 0 bridgehead atoms. The Bertz CT molecular complexity index is 637. The van der Waals surface area contributed by atoms with Gasteiger partial charge in [-0.05, 0) is 37.5 Å². The third-order valence-corrected chi connectivity index (χ3v) is 5.33. The molecule has 23 heavy (non-hydrogen) atoms. The Morgan fingerprint density at radius 1 is 1.39 bits per heavy atom. The molecular formula is C16H24N2O4S. The summed E-state index contributed by atoms with van der Waals surface area (Å²) in [5.41, 5.74) is 0.882. The molecule has 0 spiro atoms. The number of sulfone groups is 1. The molecule has 2 rings (SSSR count). The van der Waals surface area contributed by atoms with Crippen molar-refractivity contribution in [1.29, 1.82) is 0 Å². The third kappa shape index (κ3) is 4.68. The van der Waals surface area contributed by atoms with Crippen molar-refractivity contribution in [3.05, 3.63) is 29.8 Å². The number of carbonyl (C=O) groups excluding carboxylic acids is 1. The van der Waals surface area contributed by atoms with Crippen LogP contribution in [0, 0.1) is 0 Å². The van der Waals surface area contributed by atoms with E-state index >= 15 is 0 Å². The minimum absolute atomic E-state index is 0.108. The van der Waals surface area contributed by atoms with Crippen LogP contribution >= 0.6 is 0 Å². The molecule has 1 aromatic carbocycles. The maximum absolute atomic E-state index is 12.2. The summed E-state index contributed by atoms with van der Waals surface area (Å²) in [7, 11) is -1.48. The molecule has 0 radical (unpaired) electrons.